The zero-order valence-corrected chi connectivity index (χ0v) is 11.5. The van der Waals surface area contributed by atoms with E-state index in [1.54, 1.807) is 4.90 Å². The molecule has 2 rings (SSSR count). The Morgan fingerprint density at radius 3 is 2.68 bits per heavy atom. The minimum absolute atomic E-state index is 0.00208. The highest BCUT2D eigenvalue weighted by atomic mass is 16.5. The zero-order valence-electron chi connectivity index (χ0n) is 11.5. The van der Waals surface area contributed by atoms with Crippen molar-refractivity contribution in [2.24, 2.45) is 5.92 Å². The van der Waals surface area contributed by atoms with Gasteiger partial charge < -0.3 is 20.1 Å². The maximum absolute atomic E-state index is 12.3. The molecule has 0 spiro atoms. The summed E-state index contributed by atoms with van der Waals surface area (Å²) < 4.78 is 5.54. The van der Waals surface area contributed by atoms with Crippen molar-refractivity contribution in [2.45, 2.75) is 51.3 Å². The number of carbonyl (C=O) groups excluding carboxylic acids is 1. The number of amides is 2. The lowest BCUT2D eigenvalue weighted by Crippen LogP contribution is -2.57. The molecule has 0 aromatic heterocycles. The number of hydrogen-bond acceptors (Lipinski definition) is 3. The van der Waals surface area contributed by atoms with Crippen molar-refractivity contribution in [3.8, 4) is 0 Å². The molecule has 108 valence electrons. The predicted octanol–water partition coefficient (Wildman–Crippen LogP) is 1.06. The van der Waals surface area contributed by atoms with E-state index < -0.39 is 12.0 Å². The summed E-state index contributed by atoms with van der Waals surface area (Å²) in [5, 5.41) is 11.8. The second-order valence-electron chi connectivity index (χ2n) is 5.46. The molecule has 3 atom stereocenters. The van der Waals surface area contributed by atoms with Crippen LogP contribution >= 0.6 is 0 Å². The highest BCUT2D eigenvalue weighted by molar-refractivity contribution is 5.83. The number of carboxylic acids is 1. The van der Waals surface area contributed by atoms with Crippen molar-refractivity contribution in [3.05, 3.63) is 0 Å². The standard InChI is InChI=1S/C13H22N2O4/c1-3-10-7-19-8(2)6-15(10)13(18)14-11(12(16)17)9-4-5-9/h8-11H,3-7H2,1-2H3,(H,14,18)(H,16,17). The van der Waals surface area contributed by atoms with Gasteiger partial charge in [-0.05, 0) is 32.1 Å². The zero-order chi connectivity index (χ0) is 14.0. The topological polar surface area (TPSA) is 78.9 Å². The predicted molar refractivity (Wildman–Crippen MR) is 68.9 cm³/mol. The molecular formula is C13H22N2O4. The second kappa shape index (κ2) is 5.77. The van der Waals surface area contributed by atoms with Crippen molar-refractivity contribution < 1.29 is 19.4 Å². The van der Waals surface area contributed by atoms with Gasteiger partial charge in [-0.15, -0.1) is 0 Å². The number of morpholine rings is 1. The third-order valence-corrected chi connectivity index (χ3v) is 3.84. The minimum atomic E-state index is -0.940. The van der Waals surface area contributed by atoms with Crippen LogP contribution in [0.5, 0.6) is 0 Å². The van der Waals surface area contributed by atoms with Crippen LogP contribution in [0.2, 0.25) is 0 Å². The normalized spacial score (nSPS) is 28.8. The van der Waals surface area contributed by atoms with Crippen LogP contribution in [0.1, 0.15) is 33.1 Å². The first-order valence-corrected chi connectivity index (χ1v) is 6.94. The lowest BCUT2D eigenvalue weighted by atomic mass is 10.1. The van der Waals surface area contributed by atoms with E-state index in [2.05, 4.69) is 5.32 Å². The highest BCUT2D eigenvalue weighted by Gasteiger charge is 2.39. The summed E-state index contributed by atoms with van der Waals surface area (Å²) in [4.78, 5) is 25.1. The summed E-state index contributed by atoms with van der Waals surface area (Å²) in [7, 11) is 0. The van der Waals surface area contributed by atoms with Gasteiger partial charge in [-0.1, -0.05) is 6.92 Å². The van der Waals surface area contributed by atoms with Crippen molar-refractivity contribution in [2.75, 3.05) is 13.2 Å². The summed E-state index contributed by atoms with van der Waals surface area (Å²) in [5.74, 6) is -0.842. The molecule has 1 aliphatic carbocycles. The van der Waals surface area contributed by atoms with Gasteiger partial charge in [0.2, 0.25) is 0 Å². The molecule has 2 N–H and O–H groups in total. The van der Waals surface area contributed by atoms with E-state index in [1.807, 2.05) is 13.8 Å². The maximum atomic E-state index is 12.3. The largest absolute Gasteiger partial charge is 0.480 e. The molecule has 19 heavy (non-hydrogen) atoms. The Balaban J connectivity index is 1.98. The van der Waals surface area contributed by atoms with E-state index in [-0.39, 0.29) is 24.1 Å². The van der Waals surface area contributed by atoms with Gasteiger partial charge in [0.1, 0.15) is 6.04 Å². The Morgan fingerprint density at radius 1 is 1.47 bits per heavy atom. The number of aliphatic carboxylic acids is 1. The molecule has 0 bridgehead atoms. The van der Waals surface area contributed by atoms with Crippen molar-refractivity contribution in [1.82, 2.24) is 10.2 Å². The van der Waals surface area contributed by atoms with Gasteiger partial charge in [0.25, 0.3) is 0 Å². The molecular weight excluding hydrogens is 248 g/mol. The van der Waals surface area contributed by atoms with E-state index in [0.717, 1.165) is 19.3 Å². The summed E-state index contributed by atoms with van der Waals surface area (Å²) in [6.07, 6.45) is 2.57. The lowest BCUT2D eigenvalue weighted by molar-refractivity contribution is -0.139. The van der Waals surface area contributed by atoms with Gasteiger partial charge in [-0.25, -0.2) is 9.59 Å². The van der Waals surface area contributed by atoms with Crippen molar-refractivity contribution in [1.29, 1.82) is 0 Å². The van der Waals surface area contributed by atoms with Crippen LogP contribution in [0.3, 0.4) is 0 Å². The molecule has 2 amide bonds. The number of ether oxygens (including phenoxy) is 1. The van der Waals surface area contributed by atoms with Gasteiger partial charge in [-0.3, -0.25) is 0 Å². The van der Waals surface area contributed by atoms with Crippen LogP contribution in [-0.2, 0) is 9.53 Å². The van der Waals surface area contributed by atoms with Crippen LogP contribution < -0.4 is 5.32 Å². The van der Waals surface area contributed by atoms with Crippen LogP contribution in [0, 0.1) is 5.92 Å². The summed E-state index contributed by atoms with van der Waals surface area (Å²) >= 11 is 0. The van der Waals surface area contributed by atoms with Gasteiger partial charge in [-0.2, -0.15) is 0 Å². The second-order valence-corrected chi connectivity index (χ2v) is 5.46. The Labute approximate surface area is 113 Å². The summed E-state index contributed by atoms with van der Waals surface area (Å²) in [6, 6.07) is -0.991. The smallest absolute Gasteiger partial charge is 0.326 e. The lowest BCUT2D eigenvalue weighted by Gasteiger charge is -2.38. The highest BCUT2D eigenvalue weighted by Crippen LogP contribution is 2.33. The monoisotopic (exact) mass is 270 g/mol. The molecule has 1 saturated carbocycles. The van der Waals surface area contributed by atoms with Crippen LogP contribution in [0.15, 0.2) is 0 Å². The quantitative estimate of drug-likeness (QED) is 0.800. The SMILES string of the molecule is CCC1COC(C)CN1C(=O)NC(C(=O)O)C1CC1. The third kappa shape index (κ3) is 3.37. The molecule has 6 heteroatoms. The number of carboxylic acid groups (broad SMARTS) is 1. The van der Waals surface area contributed by atoms with E-state index in [0.29, 0.717) is 13.2 Å². The fraction of sp³-hybridized carbons (Fsp3) is 0.846. The summed E-state index contributed by atoms with van der Waals surface area (Å²) in [6.45, 7) is 4.95. The molecule has 2 fully saturated rings. The number of nitrogens with zero attached hydrogens (tertiary/aromatic N) is 1. The summed E-state index contributed by atoms with van der Waals surface area (Å²) in [5.41, 5.74) is 0. The van der Waals surface area contributed by atoms with E-state index in [9.17, 15) is 9.59 Å². The first-order valence-electron chi connectivity index (χ1n) is 6.94. The maximum Gasteiger partial charge on any atom is 0.326 e. The van der Waals surface area contributed by atoms with Crippen LogP contribution in [-0.4, -0.2) is 53.3 Å². The van der Waals surface area contributed by atoms with E-state index >= 15 is 0 Å². The van der Waals surface area contributed by atoms with Gasteiger partial charge >= 0.3 is 12.0 Å². The average molecular weight is 270 g/mol. The fourth-order valence-electron chi connectivity index (χ4n) is 2.46. The first kappa shape index (κ1) is 14.1. The first-order chi connectivity index (χ1) is 9.02. The molecule has 0 aromatic carbocycles. The number of carbonyl (C=O) groups is 2. The molecule has 6 nitrogen and oxygen atoms in total. The molecule has 0 radical (unpaired) electrons. The van der Waals surface area contributed by atoms with Gasteiger partial charge in [0.15, 0.2) is 0 Å². The Hall–Kier alpha value is -1.30. The number of rotatable bonds is 4. The van der Waals surface area contributed by atoms with Gasteiger partial charge in [0, 0.05) is 6.54 Å². The van der Waals surface area contributed by atoms with E-state index in [4.69, 9.17) is 9.84 Å². The third-order valence-electron chi connectivity index (χ3n) is 3.84. The molecule has 1 heterocycles. The number of urea groups is 1. The van der Waals surface area contributed by atoms with Crippen LogP contribution in [0.25, 0.3) is 0 Å². The van der Waals surface area contributed by atoms with Crippen molar-refractivity contribution >= 4 is 12.0 Å². The van der Waals surface area contributed by atoms with Crippen molar-refractivity contribution in [3.63, 3.8) is 0 Å². The molecule has 3 unspecified atom stereocenters. The molecule has 1 saturated heterocycles. The van der Waals surface area contributed by atoms with Crippen LogP contribution in [0.4, 0.5) is 4.79 Å². The van der Waals surface area contributed by atoms with E-state index in [1.165, 1.54) is 0 Å². The Kier molecular flexibility index (Phi) is 4.29. The number of hydrogen-bond donors (Lipinski definition) is 2. The average Bonchev–Trinajstić information content (AvgIpc) is 3.19. The van der Waals surface area contributed by atoms with Gasteiger partial charge in [0.05, 0.1) is 18.8 Å². The minimum Gasteiger partial charge on any atom is -0.480 e. The fourth-order valence-corrected chi connectivity index (χ4v) is 2.46. The molecule has 0 aromatic rings. The Morgan fingerprint density at radius 2 is 2.16 bits per heavy atom. The molecule has 2 aliphatic rings. The number of nitrogens with one attached hydrogen (secondary N) is 1. The Bertz CT molecular complexity index is 357. The molecule has 1 aliphatic heterocycles.